The van der Waals surface area contributed by atoms with E-state index in [9.17, 15) is 9.90 Å². The van der Waals surface area contributed by atoms with E-state index < -0.39 is 0 Å². The number of phenols is 1. The first-order valence-corrected chi connectivity index (χ1v) is 5.46. The molecule has 4 heteroatoms. The molecule has 80 valence electrons. The largest absolute Gasteiger partial charge is 0.503 e. The molecular weight excluding hydrogens is 260 g/mol. The summed E-state index contributed by atoms with van der Waals surface area (Å²) in [7, 11) is 1.49. The minimum atomic E-state index is -0.386. The summed E-state index contributed by atoms with van der Waals surface area (Å²) < 4.78 is 5.54. The molecular formula is C11H11BrO3. The van der Waals surface area contributed by atoms with Gasteiger partial charge in [-0.1, -0.05) is 6.07 Å². The van der Waals surface area contributed by atoms with Crippen LogP contribution in [0.15, 0.2) is 16.6 Å². The standard InChI is InChI=1S/C11H11BrO3/c1-15-8-3-2-7(9(12)10(8)14)11(6-13)4-5-11/h2-3,6,14H,4-5H2,1H3. The van der Waals surface area contributed by atoms with Crippen molar-refractivity contribution in [3.63, 3.8) is 0 Å². The Bertz CT molecular complexity index is 411. The van der Waals surface area contributed by atoms with Gasteiger partial charge in [-0.25, -0.2) is 0 Å². The summed E-state index contributed by atoms with van der Waals surface area (Å²) >= 11 is 3.30. The van der Waals surface area contributed by atoms with E-state index in [-0.39, 0.29) is 11.2 Å². The first-order valence-electron chi connectivity index (χ1n) is 4.67. The number of aldehydes is 1. The van der Waals surface area contributed by atoms with E-state index >= 15 is 0 Å². The molecule has 1 N–H and O–H groups in total. The Morgan fingerprint density at radius 1 is 1.53 bits per heavy atom. The number of rotatable bonds is 3. The summed E-state index contributed by atoms with van der Waals surface area (Å²) in [6.07, 6.45) is 2.65. The van der Waals surface area contributed by atoms with Crippen molar-refractivity contribution in [3.05, 3.63) is 22.2 Å². The smallest absolute Gasteiger partial charge is 0.172 e. The van der Waals surface area contributed by atoms with Crippen molar-refractivity contribution in [3.8, 4) is 11.5 Å². The Morgan fingerprint density at radius 3 is 2.67 bits per heavy atom. The lowest BCUT2D eigenvalue weighted by molar-refractivity contribution is -0.109. The molecule has 0 bridgehead atoms. The van der Waals surface area contributed by atoms with Gasteiger partial charge in [-0.15, -0.1) is 0 Å². The Balaban J connectivity index is 2.51. The monoisotopic (exact) mass is 270 g/mol. The molecule has 0 radical (unpaired) electrons. The molecule has 0 aliphatic heterocycles. The van der Waals surface area contributed by atoms with E-state index in [0.717, 1.165) is 24.7 Å². The summed E-state index contributed by atoms with van der Waals surface area (Å²) in [5.41, 5.74) is 0.457. The highest BCUT2D eigenvalue weighted by atomic mass is 79.9. The maximum atomic E-state index is 11.0. The number of carbonyl (C=O) groups excluding carboxylic acids is 1. The van der Waals surface area contributed by atoms with Crippen LogP contribution in [0.4, 0.5) is 0 Å². The predicted molar refractivity (Wildman–Crippen MR) is 59.3 cm³/mol. The second-order valence-corrected chi connectivity index (χ2v) is 4.54. The highest BCUT2D eigenvalue weighted by molar-refractivity contribution is 9.10. The fourth-order valence-corrected chi connectivity index (χ4v) is 2.40. The quantitative estimate of drug-likeness (QED) is 0.858. The van der Waals surface area contributed by atoms with Crippen LogP contribution in [-0.4, -0.2) is 18.5 Å². The van der Waals surface area contributed by atoms with Crippen LogP contribution in [0.25, 0.3) is 0 Å². The van der Waals surface area contributed by atoms with Gasteiger partial charge >= 0.3 is 0 Å². The molecule has 1 aromatic rings. The number of aromatic hydroxyl groups is 1. The number of ether oxygens (including phenoxy) is 1. The van der Waals surface area contributed by atoms with Crippen molar-refractivity contribution in [2.45, 2.75) is 18.3 Å². The lowest BCUT2D eigenvalue weighted by Crippen LogP contribution is -2.08. The van der Waals surface area contributed by atoms with E-state index in [1.54, 1.807) is 6.07 Å². The number of halogens is 1. The summed E-state index contributed by atoms with van der Waals surface area (Å²) in [5.74, 6) is 0.468. The van der Waals surface area contributed by atoms with Crippen LogP contribution in [0.5, 0.6) is 11.5 Å². The van der Waals surface area contributed by atoms with Gasteiger partial charge in [0.25, 0.3) is 0 Å². The molecule has 0 saturated heterocycles. The molecule has 0 unspecified atom stereocenters. The fourth-order valence-electron chi connectivity index (χ4n) is 1.68. The van der Waals surface area contributed by atoms with Gasteiger partial charge in [-0.2, -0.15) is 0 Å². The zero-order valence-electron chi connectivity index (χ0n) is 8.29. The molecule has 1 fully saturated rings. The lowest BCUT2D eigenvalue weighted by atomic mass is 9.97. The van der Waals surface area contributed by atoms with E-state index in [4.69, 9.17) is 4.74 Å². The average molecular weight is 271 g/mol. The van der Waals surface area contributed by atoms with Crippen molar-refractivity contribution in [1.82, 2.24) is 0 Å². The average Bonchev–Trinajstić information content (AvgIpc) is 3.03. The fraction of sp³-hybridized carbons (Fsp3) is 0.364. The number of benzene rings is 1. The van der Waals surface area contributed by atoms with Crippen LogP contribution in [0, 0.1) is 0 Å². The lowest BCUT2D eigenvalue weighted by Gasteiger charge is -2.13. The van der Waals surface area contributed by atoms with Crippen LogP contribution < -0.4 is 4.74 Å². The van der Waals surface area contributed by atoms with Gasteiger partial charge in [-0.3, -0.25) is 0 Å². The molecule has 1 aromatic carbocycles. The molecule has 1 aliphatic rings. The maximum Gasteiger partial charge on any atom is 0.172 e. The van der Waals surface area contributed by atoms with Crippen molar-refractivity contribution >= 4 is 22.2 Å². The van der Waals surface area contributed by atoms with Gasteiger partial charge in [0.15, 0.2) is 11.5 Å². The molecule has 15 heavy (non-hydrogen) atoms. The SMILES string of the molecule is COc1ccc(C2(C=O)CC2)c(Br)c1O. The Morgan fingerprint density at radius 2 is 2.20 bits per heavy atom. The van der Waals surface area contributed by atoms with Gasteiger partial charge in [0.05, 0.1) is 17.0 Å². The zero-order chi connectivity index (χ0) is 11.1. The third kappa shape index (κ3) is 1.53. The Kier molecular flexibility index (Phi) is 2.46. The molecule has 1 aliphatic carbocycles. The Labute approximate surface area is 96.2 Å². The van der Waals surface area contributed by atoms with Crippen LogP contribution in [-0.2, 0) is 10.2 Å². The van der Waals surface area contributed by atoms with Gasteiger partial charge in [0.1, 0.15) is 6.29 Å². The van der Waals surface area contributed by atoms with Crippen molar-refractivity contribution in [2.75, 3.05) is 7.11 Å². The third-order valence-electron chi connectivity index (χ3n) is 2.85. The van der Waals surface area contributed by atoms with Gasteiger partial charge in [0.2, 0.25) is 0 Å². The molecule has 2 rings (SSSR count). The van der Waals surface area contributed by atoms with E-state index in [1.807, 2.05) is 6.07 Å². The number of hydrogen-bond donors (Lipinski definition) is 1. The Hall–Kier alpha value is -1.03. The van der Waals surface area contributed by atoms with Gasteiger partial charge in [0, 0.05) is 0 Å². The molecule has 0 aromatic heterocycles. The number of carbonyl (C=O) groups is 1. The van der Waals surface area contributed by atoms with Crippen LogP contribution in [0.3, 0.4) is 0 Å². The van der Waals surface area contributed by atoms with Gasteiger partial charge in [-0.05, 0) is 40.4 Å². The highest BCUT2D eigenvalue weighted by Gasteiger charge is 2.46. The molecule has 3 nitrogen and oxygen atoms in total. The first-order chi connectivity index (χ1) is 7.14. The molecule has 0 spiro atoms. The maximum absolute atomic E-state index is 11.0. The van der Waals surface area contributed by atoms with Crippen LogP contribution in [0.1, 0.15) is 18.4 Å². The predicted octanol–water partition coefficient (Wildman–Crippen LogP) is 2.39. The highest BCUT2D eigenvalue weighted by Crippen LogP contribution is 2.51. The normalized spacial score (nSPS) is 17.2. The van der Waals surface area contributed by atoms with Crippen molar-refractivity contribution < 1.29 is 14.6 Å². The minimum absolute atomic E-state index is 0.0584. The minimum Gasteiger partial charge on any atom is -0.503 e. The number of methoxy groups -OCH3 is 1. The second-order valence-electron chi connectivity index (χ2n) is 3.75. The number of hydrogen-bond acceptors (Lipinski definition) is 3. The summed E-state index contributed by atoms with van der Waals surface area (Å²) in [4.78, 5) is 11.0. The summed E-state index contributed by atoms with van der Waals surface area (Å²) in [6, 6.07) is 3.50. The van der Waals surface area contributed by atoms with Crippen molar-refractivity contribution in [1.29, 1.82) is 0 Å². The zero-order valence-corrected chi connectivity index (χ0v) is 9.87. The molecule has 0 heterocycles. The number of phenolic OH excluding ortho intramolecular Hbond substituents is 1. The van der Waals surface area contributed by atoms with E-state index in [2.05, 4.69) is 15.9 Å². The third-order valence-corrected chi connectivity index (χ3v) is 3.65. The second kappa shape index (κ2) is 3.52. The molecule has 0 atom stereocenters. The summed E-state index contributed by atoms with van der Waals surface area (Å²) in [5, 5.41) is 9.78. The van der Waals surface area contributed by atoms with E-state index in [0.29, 0.717) is 10.2 Å². The molecule has 0 amide bonds. The molecule has 1 saturated carbocycles. The van der Waals surface area contributed by atoms with Crippen LogP contribution >= 0.6 is 15.9 Å². The summed E-state index contributed by atoms with van der Waals surface area (Å²) in [6.45, 7) is 0. The van der Waals surface area contributed by atoms with Gasteiger partial charge < -0.3 is 14.6 Å². The van der Waals surface area contributed by atoms with Crippen molar-refractivity contribution in [2.24, 2.45) is 0 Å². The topological polar surface area (TPSA) is 46.5 Å². The van der Waals surface area contributed by atoms with E-state index in [1.165, 1.54) is 7.11 Å². The van der Waals surface area contributed by atoms with Crippen LogP contribution in [0.2, 0.25) is 0 Å². The first kappa shape index (κ1) is 10.5.